The van der Waals surface area contributed by atoms with E-state index in [9.17, 15) is 14.4 Å². The normalized spacial score (nSPS) is 19.9. The number of fused-ring (bicyclic) bond motifs is 6. The smallest absolute Gasteiger partial charge is 0.407 e. The van der Waals surface area contributed by atoms with Crippen LogP contribution in [0.1, 0.15) is 82.5 Å². The Morgan fingerprint density at radius 3 is 2.21 bits per heavy atom. The molecule has 5 heterocycles. The van der Waals surface area contributed by atoms with E-state index in [1.165, 1.54) is 7.11 Å². The topological polar surface area (TPSA) is 146 Å². The van der Waals surface area contributed by atoms with Gasteiger partial charge in [0.15, 0.2) is 0 Å². The Bertz CT molecular complexity index is 2460. The number of imidazole rings is 2. The lowest BCUT2D eigenvalue weighted by molar-refractivity contribution is -0.135. The number of carbonyl (C=O) groups excluding carboxylic acids is 3. The van der Waals surface area contributed by atoms with Gasteiger partial charge in [-0.3, -0.25) is 9.59 Å². The molecule has 290 valence electrons. The summed E-state index contributed by atoms with van der Waals surface area (Å²) >= 11 is 0. The monoisotopic (exact) mass is 755 g/mol. The lowest BCUT2D eigenvalue weighted by atomic mass is 9.96. The Morgan fingerprint density at radius 2 is 1.48 bits per heavy atom. The first-order valence-corrected chi connectivity index (χ1v) is 20.1. The summed E-state index contributed by atoms with van der Waals surface area (Å²) in [5, 5.41) is 7.07. The van der Waals surface area contributed by atoms with Crippen molar-refractivity contribution in [1.82, 2.24) is 35.1 Å². The number of methoxy groups -OCH3 is 1. The fourth-order valence-electron chi connectivity index (χ4n) is 9.18. The van der Waals surface area contributed by atoms with Crippen molar-refractivity contribution in [2.24, 2.45) is 11.8 Å². The second-order valence-electron chi connectivity index (χ2n) is 16.1. The summed E-state index contributed by atoms with van der Waals surface area (Å²) in [5.74, 6) is 2.05. The average molecular weight is 756 g/mol. The third-order valence-electron chi connectivity index (χ3n) is 12.2. The minimum atomic E-state index is -0.684. The van der Waals surface area contributed by atoms with E-state index >= 15 is 0 Å². The summed E-state index contributed by atoms with van der Waals surface area (Å²) in [5.41, 5.74) is 5.94. The first-order chi connectivity index (χ1) is 27.2. The van der Waals surface area contributed by atoms with E-state index in [-0.39, 0.29) is 29.8 Å². The van der Waals surface area contributed by atoms with Gasteiger partial charge in [0.05, 0.1) is 41.3 Å². The van der Waals surface area contributed by atoms with Crippen molar-refractivity contribution in [3.63, 3.8) is 0 Å². The summed E-state index contributed by atoms with van der Waals surface area (Å²) in [6, 6.07) is 20.5. The van der Waals surface area contributed by atoms with Crippen LogP contribution in [0.5, 0.6) is 0 Å². The molecule has 0 bridgehead atoms. The van der Waals surface area contributed by atoms with Crippen LogP contribution in [0.4, 0.5) is 4.79 Å². The second-order valence-corrected chi connectivity index (χ2v) is 16.1. The molecule has 2 aromatic heterocycles. The van der Waals surface area contributed by atoms with Crippen molar-refractivity contribution in [3.8, 4) is 11.1 Å². The lowest BCUT2D eigenvalue weighted by Crippen LogP contribution is -2.51. The van der Waals surface area contributed by atoms with Crippen molar-refractivity contribution in [3.05, 3.63) is 72.3 Å². The lowest BCUT2D eigenvalue weighted by Gasteiger charge is -2.29. The number of alkyl carbamates (subject to hydrolysis) is 1. The van der Waals surface area contributed by atoms with Crippen LogP contribution in [0.15, 0.2) is 60.7 Å². The molecule has 0 saturated carbocycles. The molecule has 3 atom stereocenters. The third-order valence-corrected chi connectivity index (χ3v) is 12.2. The number of nitrogens with zero attached hydrogens (tertiary/aromatic N) is 4. The second kappa shape index (κ2) is 14.9. The molecule has 0 unspecified atom stereocenters. The highest BCUT2D eigenvalue weighted by Gasteiger charge is 2.38. The number of amides is 3. The molecule has 0 spiro atoms. The number of aromatic nitrogens is 4. The van der Waals surface area contributed by atoms with Crippen LogP contribution >= 0.6 is 0 Å². The highest BCUT2D eigenvalue weighted by molar-refractivity contribution is 6.07. The zero-order valence-corrected chi connectivity index (χ0v) is 32.3. The average Bonchev–Trinajstić information content (AvgIpc) is 4.04. The minimum Gasteiger partial charge on any atom is -0.453 e. The summed E-state index contributed by atoms with van der Waals surface area (Å²) < 4.78 is 10.3. The Labute approximate surface area is 325 Å². The molecule has 0 radical (unpaired) electrons. The largest absolute Gasteiger partial charge is 0.453 e. The van der Waals surface area contributed by atoms with Crippen LogP contribution in [0.2, 0.25) is 0 Å². The van der Waals surface area contributed by atoms with Gasteiger partial charge in [-0.2, -0.15) is 0 Å². The number of rotatable bonds is 8. The van der Waals surface area contributed by atoms with Gasteiger partial charge in [0, 0.05) is 43.5 Å². The van der Waals surface area contributed by atoms with Gasteiger partial charge in [0.25, 0.3) is 0 Å². The Kier molecular flexibility index (Phi) is 9.60. The molecule has 3 fully saturated rings. The molecule has 12 nitrogen and oxygen atoms in total. The fourth-order valence-corrected chi connectivity index (χ4v) is 9.18. The van der Waals surface area contributed by atoms with Crippen molar-refractivity contribution in [2.45, 2.75) is 76.9 Å². The standard InChI is InChI=1S/C44H49N7O5/c1-25(2)38(49-44(54)55-3)43(53)51-19-5-7-36(51)42-46-34-15-11-30-24-28(9-13-32(30)40(34)48-42)27-8-12-31-29(23-27)10-14-33-39(31)47-41(45-33)35-6-4-18-50(35)37(52)22-26-16-20-56-21-17-26/h8-15,23-26,35-36,38H,4-7,16-22H2,1-3H3,(H,45,47)(H,46,48)(H,49,54)/t35-,36-,38-/m0/s1. The summed E-state index contributed by atoms with van der Waals surface area (Å²) in [7, 11) is 1.30. The molecule has 3 N–H and O–H groups in total. The molecule has 12 heteroatoms. The number of likely N-dealkylation sites (tertiary alicyclic amines) is 2. The zero-order valence-electron chi connectivity index (χ0n) is 32.3. The summed E-state index contributed by atoms with van der Waals surface area (Å²) in [6.07, 6.45) is 5.45. The zero-order chi connectivity index (χ0) is 38.5. The number of ether oxygens (including phenoxy) is 2. The molecule has 3 aliphatic rings. The Hall–Kier alpha value is -5.49. The summed E-state index contributed by atoms with van der Waals surface area (Å²) in [6.45, 7) is 6.72. The quantitative estimate of drug-likeness (QED) is 0.143. The number of aromatic amines is 2. The van der Waals surface area contributed by atoms with E-state index in [2.05, 4.69) is 69.9 Å². The number of nitrogens with one attached hydrogen (secondary N) is 3. The molecule has 0 aliphatic carbocycles. The van der Waals surface area contributed by atoms with Crippen LogP contribution in [-0.2, 0) is 19.1 Å². The van der Waals surface area contributed by atoms with Gasteiger partial charge >= 0.3 is 6.09 Å². The number of H-pyrrole nitrogens is 2. The molecular formula is C44H49N7O5. The maximum atomic E-state index is 13.7. The number of hydrogen-bond acceptors (Lipinski definition) is 7. The van der Waals surface area contributed by atoms with E-state index in [0.717, 1.165) is 125 Å². The highest BCUT2D eigenvalue weighted by Crippen LogP contribution is 2.38. The molecule has 4 aromatic carbocycles. The third kappa shape index (κ3) is 6.63. The molecule has 3 amide bonds. The maximum absolute atomic E-state index is 13.7. The first-order valence-electron chi connectivity index (χ1n) is 20.1. The molecular weight excluding hydrogens is 707 g/mol. The van der Waals surface area contributed by atoms with Crippen LogP contribution in [0.3, 0.4) is 0 Å². The molecule has 9 rings (SSSR count). The van der Waals surface area contributed by atoms with Crippen molar-refractivity contribution in [1.29, 1.82) is 0 Å². The van der Waals surface area contributed by atoms with Gasteiger partial charge in [0.2, 0.25) is 11.8 Å². The van der Waals surface area contributed by atoms with Crippen molar-refractivity contribution in [2.75, 3.05) is 33.4 Å². The maximum Gasteiger partial charge on any atom is 0.407 e. The van der Waals surface area contributed by atoms with Gasteiger partial charge < -0.3 is 34.6 Å². The van der Waals surface area contributed by atoms with Crippen molar-refractivity contribution < 1.29 is 23.9 Å². The number of hydrogen-bond donors (Lipinski definition) is 3. The van der Waals surface area contributed by atoms with E-state index in [1.807, 2.05) is 29.7 Å². The van der Waals surface area contributed by atoms with Crippen LogP contribution in [-0.4, -0.2) is 87.1 Å². The van der Waals surface area contributed by atoms with Gasteiger partial charge in [-0.1, -0.05) is 50.2 Å². The molecule has 3 saturated heterocycles. The van der Waals surface area contributed by atoms with Crippen LogP contribution in [0.25, 0.3) is 54.7 Å². The molecule has 3 aliphatic heterocycles. The van der Waals surface area contributed by atoms with E-state index in [0.29, 0.717) is 18.9 Å². The minimum absolute atomic E-state index is 0.0220. The van der Waals surface area contributed by atoms with Gasteiger partial charge in [-0.05, 0) is 96.5 Å². The van der Waals surface area contributed by atoms with Gasteiger partial charge in [-0.25, -0.2) is 14.8 Å². The van der Waals surface area contributed by atoms with E-state index in [4.69, 9.17) is 19.4 Å². The number of benzene rings is 4. The van der Waals surface area contributed by atoms with Crippen LogP contribution < -0.4 is 5.32 Å². The number of carbonyl (C=O) groups is 3. The Morgan fingerprint density at radius 1 is 0.821 bits per heavy atom. The fraction of sp³-hybridized carbons (Fsp3) is 0.432. The highest BCUT2D eigenvalue weighted by atomic mass is 16.5. The van der Waals surface area contributed by atoms with Crippen molar-refractivity contribution >= 4 is 61.5 Å². The molecule has 6 aromatic rings. The van der Waals surface area contributed by atoms with Gasteiger partial charge in [0.1, 0.15) is 17.7 Å². The summed E-state index contributed by atoms with van der Waals surface area (Å²) in [4.78, 5) is 60.3. The van der Waals surface area contributed by atoms with E-state index in [1.54, 1.807) is 0 Å². The Balaban J connectivity index is 0.962. The van der Waals surface area contributed by atoms with Gasteiger partial charge in [-0.15, -0.1) is 0 Å². The van der Waals surface area contributed by atoms with E-state index < -0.39 is 12.1 Å². The molecule has 56 heavy (non-hydrogen) atoms. The SMILES string of the molecule is COC(=O)N[C@H](C(=O)N1CCC[C@H]1c1nc2ccc3cc(-c4ccc5c(ccc6[nH]c([C@@H]7CCCN7C(=O)CC7CCOCC7)nc65)c4)ccc3c2[nH]1)C(C)C. The predicted octanol–water partition coefficient (Wildman–Crippen LogP) is 7.94. The predicted molar refractivity (Wildman–Crippen MR) is 216 cm³/mol. The van der Waals surface area contributed by atoms with Crippen LogP contribution in [0, 0.1) is 11.8 Å². The first kappa shape index (κ1) is 36.2.